The van der Waals surface area contributed by atoms with Crippen LogP contribution in [0.25, 0.3) is 0 Å². The minimum Gasteiger partial charge on any atom is -0.494 e. The van der Waals surface area contributed by atoms with Crippen molar-refractivity contribution in [3.05, 3.63) is 32.8 Å². The number of nitrogens with zero attached hydrogens (tertiary/aromatic N) is 1. The monoisotopic (exact) mass is 301 g/mol. The summed E-state index contributed by atoms with van der Waals surface area (Å²) in [6.07, 6.45) is 1.35. The summed E-state index contributed by atoms with van der Waals surface area (Å²) < 4.78 is 5.29. The molecule has 8 heteroatoms. The summed E-state index contributed by atoms with van der Waals surface area (Å²) >= 11 is 5.73. The van der Waals surface area contributed by atoms with Gasteiger partial charge >= 0.3 is 5.97 Å². The van der Waals surface area contributed by atoms with Crippen molar-refractivity contribution < 1.29 is 24.4 Å². The van der Waals surface area contributed by atoms with Crippen LogP contribution in [0.15, 0.2) is 12.1 Å². The highest BCUT2D eigenvalue weighted by Crippen LogP contribution is 2.32. The van der Waals surface area contributed by atoms with E-state index in [4.69, 9.17) is 21.4 Å². The van der Waals surface area contributed by atoms with E-state index in [1.807, 2.05) is 0 Å². The average Bonchev–Trinajstić information content (AvgIpc) is 2.36. The fraction of sp³-hybridized carbons (Fsp3) is 0.333. The Morgan fingerprint density at radius 3 is 2.70 bits per heavy atom. The number of aliphatic carboxylic acids is 1. The first-order chi connectivity index (χ1) is 9.45. The highest BCUT2D eigenvalue weighted by molar-refractivity contribution is 6.33. The number of hydrogen-bond donors (Lipinski definition) is 1. The maximum absolute atomic E-state index is 10.8. The van der Waals surface area contributed by atoms with Gasteiger partial charge in [-0.3, -0.25) is 19.7 Å². The van der Waals surface area contributed by atoms with Crippen molar-refractivity contribution >= 4 is 29.5 Å². The molecule has 0 aromatic heterocycles. The molecule has 0 aliphatic carbocycles. The first-order valence-corrected chi connectivity index (χ1v) is 6.11. The Hall–Kier alpha value is -2.15. The Balaban J connectivity index is 2.68. The van der Waals surface area contributed by atoms with E-state index in [0.717, 1.165) is 0 Å². The lowest BCUT2D eigenvalue weighted by atomic mass is 10.2. The van der Waals surface area contributed by atoms with E-state index in [0.29, 0.717) is 19.1 Å². The Labute approximate surface area is 119 Å². The van der Waals surface area contributed by atoms with E-state index < -0.39 is 16.6 Å². The Morgan fingerprint density at radius 2 is 2.15 bits per heavy atom. The van der Waals surface area contributed by atoms with Crippen LogP contribution in [0.5, 0.6) is 5.75 Å². The number of hydrogen-bond acceptors (Lipinski definition) is 5. The van der Waals surface area contributed by atoms with Crippen LogP contribution in [0.1, 0.15) is 29.6 Å². The highest BCUT2D eigenvalue weighted by Gasteiger charge is 2.20. The zero-order valence-electron chi connectivity index (χ0n) is 10.4. The van der Waals surface area contributed by atoms with Crippen LogP contribution in [-0.2, 0) is 4.79 Å². The van der Waals surface area contributed by atoms with E-state index in [2.05, 4.69) is 0 Å². The molecule has 1 N–H and O–H groups in total. The third kappa shape index (κ3) is 4.51. The molecule has 1 aromatic carbocycles. The molecular formula is C12H12ClNO6. The fourth-order valence-electron chi connectivity index (χ4n) is 1.53. The Bertz CT molecular complexity index is 531. The van der Waals surface area contributed by atoms with E-state index in [1.54, 1.807) is 0 Å². The van der Waals surface area contributed by atoms with Gasteiger partial charge in [0.25, 0.3) is 5.69 Å². The van der Waals surface area contributed by atoms with Gasteiger partial charge in [-0.2, -0.15) is 0 Å². The second-order valence-electron chi connectivity index (χ2n) is 3.92. The number of rotatable bonds is 8. The van der Waals surface area contributed by atoms with Crippen molar-refractivity contribution in [3.8, 4) is 5.75 Å². The van der Waals surface area contributed by atoms with Crippen molar-refractivity contribution in [2.24, 2.45) is 0 Å². The molecule has 0 fully saturated rings. The number of nitro benzene ring substituents is 1. The number of carboxylic acid groups (broad SMARTS) is 1. The number of ether oxygens (including phenoxy) is 1. The summed E-state index contributed by atoms with van der Waals surface area (Å²) in [5, 5.41) is 19.0. The van der Waals surface area contributed by atoms with Crippen molar-refractivity contribution in [2.45, 2.75) is 19.3 Å². The molecule has 1 rings (SSSR count). The first kappa shape index (κ1) is 15.9. The molecule has 0 bridgehead atoms. The van der Waals surface area contributed by atoms with Gasteiger partial charge in [-0.15, -0.1) is 0 Å². The van der Waals surface area contributed by atoms with Crippen LogP contribution in [0.3, 0.4) is 0 Å². The number of halogens is 1. The van der Waals surface area contributed by atoms with Crippen molar-refractivity contribution in [2.75, 3.05) is 6.61 Å². The lowest BCUT2D eigenvalue weighted by molar-refractivity contribution is -0.384. The molecule has 108 valence electrons. The zero-order valence-corrected chi connectivity index (χ0v) is 11.1. The minimum absolute atomic E-state index is 0.0456. The molecule has 0 aliphatic rings. The van der Waals surface area contributed by atoms with E-state index in [1.165, 1.54) is 12.1 Å². The zero-order chi connectivity index (χ0) is 15.1. The van der Waals surface area contributed by atoms with Gasteiger partial charge in [0, 0.05) is 12.5 Å². The molecular weight excluding hydrogens is 290 g/mol. The number of carbonyl (C=O) groups is 2. The van der Waals surface area contributed by atoms with Gasteiger partial charge in [0.15, 0.2) is 6.29 Å². The molecule has 0 spiro atoms. The maximum Gasteiger partial charge on any atom is 0.303 e. The lowest BCUT2D eigenvalue weighted by Gasteiger charge is -2.07. The summed E-state index contributed by atoms with van der Waals surface area (Å²) in [7, 11) is 0. The molecule has 20 heavy (non-hydrogen) atoms. The van der Waals surface area contributed by atoms with Crippen LogP contribution in [0.4, 0.5) is 5.69 Å². The molecule has 0 radical (unpaired) electrons. The Morgan fingerprint density at radius 1 is 1.45 bits per heavy atom. The molecule has 0 saturated carbocycles. The summed E-state index contributed by atoms with van der Waals surface area (Å²) in [4.78, 5) is 31.1. The van der Waals surface area contributed by atoms with Crippen LogP contribution in [0, 0.1) is 10.1 Å². The number of aldehydes is 1. The smallest absolute Gasteiger partial charge is 0.303 e. The molecule has 0 atom stereocenters. The number of carboxylic acids is 1. The van der Waals surface area contributed by atoms with Gasteiger partial charge < -0.3 is 9.84 Å². The molecule has 0 amide bonds. The molecule has 0 saturated heterocycles. The maximum atomic E-state index is 10.8. The SMILES string of the molecule is O=Cc1cc(OCCCCC(=O)O)cc(Cl)c1[N+](=O)[O-]. The summed E-state index contributed by atoms with van der Waals surface area (Å²) in [5.41, 5.74) is -0.622. The van der Waals surface area contributed by atoms with Crippen molar-refractivity contribution in [1.82, 2.24) is 0 Å². The lowest BCUT2D eigenvalue weighted by Crippen LogP contribution is -2.02. The second-order valence-corrected chi connectivity index (χ2v) is 4.32. The molecule has 0 heterocycles. The second kappa shape index (κ2) is 7.44. The van der Waals surface area contributed by atoms with Crippen molar-refractivity contribution in [3.63, 3.8) is 0 Å². The topological polar surface area (TPSA) is 107 Å². The molecule has 0 aliphatic heterocycles. The molecule has 1 aromatic rings. The number of benzene rings is 1. The van der Waals surface area contributed by atoms with Crippen LogP contribution in [-0.4, -0.2) is 28.9 Å². The third-order valence-electron chi connectivity index (χ3n) is 2.43. The number of unbranched alkanes of at least 4 members (excludes halogenated alkanes) is 1. The quantitative estimate of drug-likeness (QED) is 0.342. The normalized spacial score (nSPS) is 10.1. The van der Waals surface area contributed by atoms with Crippen LogP contribution < -0.4 is 4.74 Å². The third-order valence-corrected chi connectivity index (χ3v) is 2.72. The van der Waals surface area contributed by atoms with Gasteiger partial charge in [0.2, 0.25) is 0 Å². The summed E-state index contributed by atoms with van der Waals surface area (Å²) in [5.74, 6) is -0.648. The van der Waals surface area contributed by atoms with E-state index in [9.17, 15) is 19.7 Å². The van der Waals surface area contributed by atoms with Gasteiger partial charge in [-0.1, -0.05) is 11.6 Å². The summed E-state index contributed by atoms with van der Waals surface area (Å²) in [6.45, 7) is 0.236. The predicted octanol–water partition coefficient (Wildman–Crippen LogP) is 2.69. The van der Waals surface area contributed by atoms with Gasteiger partial charge in [0.1, 0.15) is 10.8 Å². The van der Waals surface area contributed by atoms with E-state index >= 15 is 0 Å². The number of nitro groups is 1. The first-order valence-electron chi connectivity index (χ1n) is 5.73. The van der Waals surface area contributed by atoms with Gasteiger partial charge in [-0.05, 0) is 18.9 Å². The van der Waals surface area contributed by atoms with Crippen LogP contribution >= 0.6 is 11.6 Å². The molecule has 7 nitrogen and oxygen atoms in total. The van der Waals surface area contributed by atoms with Gasteiger partial charge in [-0.25, -0.2) is 0 Å². The highest BCUT2D eigenvalue weighted by atomic mass is 35.5. The Kier molecular flexibility index (Phi) is 5.92. The minimum atomic E-state index is -0.883. The van der Waals surface area contributed by atoms with Gasteiger partial charge in [0.05, 0.1) is 17.1 Å². The molecule has 0 unspecified atom stereocenters. The largest absolute Gasteiger partial charge is 0.494 e. The standard InChI is InChI=1S/C12H12ClNO6/c13-10-6-9(20-4-2-1-3-11(16)17)5-8(7-15)12(10)14(18)19/h5-7H,1-4H2,(H,16,17). The summed E-state index contributed by atoms with van der Waals surface area (Å²) in [6, 6.07) is 2.48. The van der Waals surface area contributed by atoms with Crippen LogP contribution in [0.2, 0.25) is 5.02 Å². The fourth-order valence-corrected chi connectivity index (χ4v) is 1.81. The van der Waals surface area contributed by atoms with Crippen molar-refractivity contribution in [1.29, 1.82) is 0 Å². The average molecular weight is 302 g/mol. The predicted molar refractivity (Wildman–Crippen MR) is 70.5 cm³/mol. The van der Waals surface area contributed by atoms with E-state index in [-0.39, 0.29) is 29.4 Å². The number of carbonyl (C=O) groups excluding carboxylic acids is 1.